The third-order valence-electron chi connectivity index (χ3n) is 9.53. The zero-order valence-electron chi connectivity index (χ0n) is 20.9. The lowest BCUT2D eigenvalue weighted by molar-refractivity contribution is -0.0821. The molecule has 3 saturated carbocycles. The maximum atomic E-state index is 13.8. The Hall–Kier alpha value is -0.840. The molecule has 2 atom stereocenters. The molecular weight excluding hydrogens is 440 g/mol. The molecule has 4 fully saturated rings. The summed E-state index contributed by atoms with van der Waals surface area (Å²) in [6.07, 6.45) is 16.1. The number of halogens is 4. The highest BCUT2D eigenvalue weighted by atomic mass is 19.4. The van der Waals surface area contributed by atoms with Crippen molar-refractivity contribution < 1.29 is 22.3 Å². The molecular formula is C29H44F4O. The molecule has 4 aliphatic rings. The minimum Gasteiger partial charge on any atom is -0.378 e. The zero-order valence-corrected chi connectivity index (χ0v) is 20.9. The van der Waals surface area contributed by atoms with Gasteiger partial charge in [-0.05, 0) is 113 Å². The molecule has 0 aromatic rings. The summed E-state index contributed by atoms with van der Waals surface area (Å²) in [6.45, 7) is 3.37. The lowest BCUT2D eigenvalue weighted by Gasteiger charge is -2.41. The van der Waals surface area contributed by atoms with E-state index in [1.807, 2.05) is 0 Å². The molecule has 3 aliphatic carbocycles. The van der Waals surface area contributed by atoms with Gasteiger partial charge in [0.25, 0.3) is 0 Å². The summed E-state index contributed by atoms with van der Waals surface area (Å²) in [4.78, 5) is 0. The van der Waals surface area contributed by atoms with Gasteiger partial charge < -0.3 is 4.74 Å². The molecule has 0 amide bonds. The maximum Gasteiger partial charge on any atom is 0.412 e. The molecule has 4 rings (SSSR count). The monoisotopic (exact) mass is 484 g/mol. The summed E-state index contributed by atoms with van der Waals surface area (Å²) < 4.78 is 57.4. The normalized spacial score (nSPS) is 41.0. The highest BCUT2D eigenvalue weighted by Gasteiger charge is 2.35. The third-order valence-corrected chi connectivity index (χ3v) is 9.53. The number of ether oxygens (including phenoxy) is 1. The molecule has 5 heteroatoms. The van der Waals surface area contributed by atoms with Crippen molar-refractivity contribution in [3.8, 4) is 0 Å². The average molecular weight is 485 g/mol. The summed E-state index contributed by atoms with van der Waals surface area (Å²) in [5.41, 5.74) is 0. The molecule has 1 aliphatic heterocycles. The largest absolute Gasteiger partial charge is 0.412 e. The van der Waals surface area contributed by atoms with Gasteiger partial charge in [-0.15, -0.1) is 0 Å². The van der Waals surface area contributed by atoms with Crippen LogP contribution in [0.1, 0.15) is 96.8 Å². The Balaban J connectivity index is 1.13. The van der Waals surface area contributed by atoms with Crippen molar-refractivity contribution in [2.45, 2.75) is 109 Å². The Bertz CT molecular complexity index is 667. The van der Waals surface area contributed by atoms with E-state index in [4.69, 9.17) is 4.74 Å². The van der Waals surface area contributed by atoms with Crippen LogP contribution in [0, 0.1) is 41.4 Å². The number of alkyl halides is 3. The zero-order chi connectivity index (χ0) is 24.1. The Morgan fingerprint density at radius 1 is 0.676 bits per heavy atom. The van der Waals surface area contributed by atoms with Gasteiger partial charge >= 0.3 is 6.18 Å². The fourth-order valence-electron chi connectivity index (χ4n) is 7.18. The number of allylic oxidation sites excluding steroid dienone is 4. The number of hydrogen-bond donors (Lipinski definition) is 0. The molecule has 0 aromatic heterocycles. The van der Waals surface area contributed by atoms with Crippen LogP contribution in [0.5, 0.6) is 0 Å². The molecule has 0 spiro atoms. The van der Waals surface area contributed by atoms with E-state index < -0.39 is 17.9 Å². The smallest absolute Gasteiger partial charge is 0.378 e. The predicted octanol–water partition coefficient (Wildman–Crippen LogP) is 9.19. The highest BCUT2D eigenvalue weighted by molar-refractivity contribution is 5.05. The van der Waals surface area contributed by atoms with E-state index in [9.17, 15) is 17.6 Å². The van der Waals surface area contributed by atoms with Gasteiger partial charge in [0.1, 0.15) is 5.83 Å². The van der Waals surface area contributed by atoms with Crippen LogP contribution in [-0.4, -0.2) is 18.9 Å². The van der Waals surface area contributed by atoms with Crippen LogP contribution in [0.4, 0.5) is 17.6 Å². The van der Waals surface area contributed by atoms with E-state index in [0.29, 0.717) is 36.7 Å². The SMILES string of the molecule is CC1CCC(C2CCC(C3CCC(/C=C/C4CCC(/C(F)=C/C(F)(F)F)CC4)CC3)OC2)CC1. The first-order valence-electron chi connectivity index (χ1n) is 14.0. The first-order valence-corrected chi connectivity index (χ1v) is 14.0. The van der Waals surface area contributed by atoms with E-state index in [2.05, 4.69) is 19.1 Å². The summed E-state index contributed by atoms with van der Waals surface area (Å²) in [5, 5.41) is 0. The van der Waals surface area contributed by atoms with E-state index >= 15 is 0 Å². The van der Waals surface area contributed by atoms with Crippen molar-refractivity contribution in [3.63, 3.8) is 0 Å². The summed E-state index contributed by atoms with van der Waals surface area (Å²) >= 11 is 0. The first-order chi connectivity index (χ1) is 16.3. The van der Waals surface area contributed by atoms with Crippen molar-refractivity contribution in [2.24, 2.45) is 41.4 Å². The van der Waals surface area contributed by atoms with Crippen LogP contribution in [0.3, 0.4) is 0 Å². The Labute approximate surface area is 203 Å². The standard InChI is InChI=1S/C29H44F4O/c1-20-2-10-23(11-3-20)26-16-17-28(34-19-26)25-14-8-22(9-15-25)5-4-21-6-12-24(13-7-21)27(30)18-29(31,32)33/h4-5,18,20-26,28H,2-3,6-17,19H2,1H3/b5-4+,27-18-. The number of rotatable bonds is 5. The molecule has 0 radical (unpaired) electrons. The lowest BCUT2D eigenvalue weighted by Crippen LogP contribution is -2.37. The molecule has 0 aromatic carbocycles. The highest BCUT2D eigenvalue weighted by Crippen LogP contribution is 2.42. The topological polar surface area (TPSA) is 9.23 Å². The Morgan fingerprint density at radius 2 is 1.21 bits per heavy atom. The minimum atomic E-state index is -4.56. The van der Waals surface area contributed by atoms with Crippen molar-refractivity contribution in [1.82, 2.24) is 0 Å². The van der Waals surface area contributed by atoms with Gasteiger partial charge in [-0.2, -0.15) is 13.2 Å². The van der Waals surface area contributed by atoms with E-state index in [-0.39, 0.29) is 6.08 Å². The fraction of sp³-hybridized carbons (Fsp3) is 0.862. The van der Waals surface area contributed by atoms with Crippen molar-refractivity contribution >= 4 is 0 Å². The first kappa shape index (κ1) is 26.2. The van der Waals surface area contributed by atoms with E-state index in [1.54, 1.807) is 0 Å². The van der Waals surface area contributed by atoms with Gasteiger partial charge in [-0.3, -0.25) is 0 Å². The Kier molecular flexibility index (Phi) is 9.20. The van der Waals surface area contributed by atoms with Gasteiger partial charge in [0, 0.05) is 5.92 Å². The summed E-state index contributed by atoms with van der Waals surface area (Å²) in [5.74, 6) is 2.74. The van der Waals surface area contributed by atoms with Crippen molar-refractivity contribution in [1.29, 1.82) is 0 Å². The van der Waals surface area contributed by atoms with E-state index in [0.717, 1.165) is 37.2 Å². The van der Waals surface area contributed by atoms with Gasteiger partial charge in [0.2, 0.25) is 0 Å². The molecule has 34 heavy (non-hydrogen) atoms. The van der Waals surface area contributed by atoms with Crippen molar-refractivity contribution in [3.05, 3.63) is 24.1 Å². The predicted molar refractivity (Wildman–Crippen MR) is 129 cm³/mol. The van der Waals surface area contributed by atoms with Crippen LogP contribution in [-0.2, 0) is 4.74 Å². The maximum absolute atomic E-state index is 13.8. The van der Waals surface area contributed by atoms with Crippen LogP contribution >= 0.6 is 0 Å². The molecule has 2 unspecified atom stereocenters. The molecule has 1 heterocycles. The second-order valence-corrected chi connectivity index (χ2v) is 12.0. The summed E-state index contributed by atoms with van der Waals surface area (Å²) in [6, 6.07) is 0. The molecule has 0 N–H and O–H groups in total. The number of hydrogen-bond acceptors (Lipinski definition) is 1. The van der Waals surface area contributed by atoms with Gasteiger partial charge in [0.15, 0.2) is 0 Å². The third kappa shape index (κ3) is 7.58. The average Bonchev–Trinajstić information content (AvgIpc) is 2.83. The van der Waals surface area contributed by atoms with Crippen molar-refractivity contribution in [2.75, 3.05) is 6.61 Å². The quantitative estimate of drug-likeness (QED) is 0.279. The molecule has 0 bridgehead atoms. The van der Waals surface area contributed by atoms with Crippen LogP contribution < -0.4 is 0 Å². The van der Waals surface area contributed by atoms with Crippen LogP contribution in [0.2, 0.25) is 0 Å². The van der Waals surface area contributed by atoms with Crippen LogP contribution in [0.25, 0.3) is 0 Å². The Morgan fingerprint density at radius 3 is 1.74 bits per heavy atom. The fourth-order valence-corrected chi connectivity index (χ4v) is 7.18. The second kappa shape index (κ2) is 11.9. The van der Waals surface area contributed by atoms with Gasteiger partial charge in [0.05, 0.1) is 18.8 Å². The second-order valence-electron chi connectivity index (χ2n) is 12.0. The van der Waals surface area contributed by atoms with Gasteiger partial charge in [-0.1, -0.05) is 31.9 Å². The lowest BCUT2D eigenvalue weighted by atomic mass is 9.72. The van der Waals surface area contributed by atoms with E-state index in [1.165, 1.54) is 64.2 Å². The molecule has 1 nitrogen and oxygen atoms in total. The molecule has 194 valence electrons. The van der Waals surface area contributed by atoms with Gasteiger partial charge in [-0.25, -0.2) is 4.39 Å². The summed E-state index contributed by atoms with van der Waals surface area (Å²) in [7, 11) is 0. The minimum absolute atomic E-state index is 0.154. The molecule has 1 saturated heterocycles. The van der Waals surface area contributed by atoms with Crippen LogP contribution in [0.15, 0.2) is 24.1 Å².